The zero-order chi connectivity index (χ0) is 13.9. The number of nitrogens with two attached hydrogens (primary N) is 1. The van der Waals surface area contributed by atoms with Crippen LogP contribution in [0.15, 0.2) is 30.3 Å². The second-order valence-corrected chi connectivity index (χ2v) is 4.16. The van der Waals surface area contributed by atoms with Crippen molar-refractivity contribution in [3.63, 3.8) is 0 Å². The van der Waals surface area contributed by atoms with Crippen LogP contribution in [0.25, 0.3) is 0 Å². The zero-order valence-electron chi connectivity index (χ0n) is 11.3. The first-order chi connectivity index (χ1) is 9.26. The minimum Gasteiger partial charge on any atom is -0.494 e. The molecule has 0 aliphatic rings. The summed E-state index contributed by atoms with van der Waals surface area (Å²) in [5.41, 5.74) is 5.45. The van der Waals surface area contributed by atoms with E-state index in [-0.39, 0.29) is 12.0 Å². The van der Waals surface area contributed by atoms with Crippen molar-refractivity contribution in [2.75, 3.05) is 26.8 Å². The van der Waals surface area contributed by atoms with Gasteiger partial charge in [-0.2, -0.15) is 0 Å². The van der Waals surface area contributed by atoms with Crippen molar-refractivity contribution < 1.29 is 14.3 Å². The minimum absolute atomic E-state index is 0.0444. The van der Waals surface area contributed by atoms with Gasteiger partial charge in [0.15, 0.2) is 0 Å². The van der Waals surface area contributed by atoms with Gasteiger partial charge < -0.3 is 20.5 Å². The van der Waals surface area contributed by atoms with Gasteiger partial charge in [0.25, 0.3) is 0 Å². The van der Waals surface area contributed by atoms with Gasteiger partial charge in [0.2, 0.25) is 5.91 Å². The highest BCUT2D eigenvalue weighted by atomic mass is 16.5. The molecule has 0 heterocycles. The molecule has 0 saturated carbocycles. The number of carbonyl (C=O) groups excluding carboxylic acids is 1. The third-order valence-corrected chi connectivity index (χ3v) is 2.66. The van der Waals surface area contributed by atoms with Crippen molar-refractivity contribution in [2.24, 2.45) is 5.73 Å². The molecule has 3 N–H and O–H groups in total. The van der Waals surface area contributed by atoms with Crippen molar-refractivity contribution in [3.8, 4) is 5.75 Å². The van der Waals surface area contributed by atoms with E-state index in [0.717, 1.165) is 12.2 Å². The normalized spacial score (nSPS) is 11.9. The monoisotopic (exact) mass is 266 g/mol. The van der Waals surface area contributed by atoms with Crippen LogP contribution in [0.1, 0.15) is 12.8 Å². The van der Waals surface area contributed by atoms with Gasteiger partial charge in [-0.05, 0) is 18.6 Å². The number of rotatable bonds is 9. The number of para-hydroxylation sites is 1. The molecule has 0 spiro atoms. The summed E-state index contributed by atoms with van der Waals surface area (Å²) >= 11 is 0. The fourth-order valence-corrected chi connectivity index (χ4v) is 1.55. The Morgan fingerprint density at radius 1 is 1.37 bits per heavy atom. The van der Waals surface area contributed by atoms with E-state index in [1.807, 2.05) is 30.3 Å². The fraction of sp³-hybridized carbons (Fsp3) is 0.500. The molecule has 19 heavy (non-hydrogen) atoms. The van der Waals surface area contributed by atoms with E-state index in [2.05, 4.69) is 5.32 Å². The molecule has 1 rings (SSSR count). The minimum atomic E-state index is -0.208. The smallest absolute Gasteiger partial charge is 0.222 e. The molecule has 1 unspecified atom stereocenters. The van der Waals surface area contributed by atoms with Gasteiger partial charge in [-0.25, -0.2) is 0 Å². The number of hydrogen-bond acceptors (Lipinski definition) is 4. The van der Waals surface area contributed by atoms with Crippen molar-refractivity contribution in [2.45, 2.75) is 18.9 Å². The Labute approximate surface area is 114 Å². The molecule has 0 bridgehead atoms. The molecule has 1 aromatic rings. The van der Waals surface area contributed by atoms with Crippen LogP contribution < -0.4 is 15.8 Å². The van der Waals surface area contributed by atoms with E-state index in [1.165, 1.54) is 0 Å². The average molecular weight is 266 g/mol. The first-order valence-electron chi connectivity index (χ1n) is 6.43. The van der Waals surface area contributed by atoms with Gasteiger partial charge in [-0.3, -0.25) is 4.79 Å². The Kier molecular flexibility index (Phi) is 7.62. The highest BCUT2D eigenvalue weighted by molar-refractivity contribution is 5.76. The summed E-state index contributed by atoms with van der Waals surface area (Å²) in [4.78, 5) is 11.5. The van der Waals surface area contributed by atoms with Crippen LogP contribution in [-0.4, -0.2) is 38.8 Å². The van der Waals surface area contributed by atoms with Gasteiger partial charge in [0.05, 0.1) is 19.1 Å². The van der Waals surface area contributed by atoms with Crippen LogP contribution in [0.5, 0.6) is 5.75 Å². The van der Waals surface area contributed by atoms with Crippen LogP contribution >= 0.6 is 0 Å². The van der Waals surface area contributed by atoms with E-state index in [1.54, 1.807) is 7.11 Å². The molecule has 0 aliphatic heterocycles. The molecule has 5 nitrogen and oxygen atoms in total. The lowest BCUT2D eigenvalue weighted by molar-refractivity contribution is -0.123. The average Bonchev–Trinajstić information content (AvgIpc) is 2.45. The predicted octanol–water partition coefficient (Wildman–Crippen LogP) is 0.935. The molecule has 0 saturated heterocycles. The van der Waals surface area contributed by atoms with E-state index in [4.69, 9.17) is 15.2 Å². The van der Waals surface area contributed by atoms with Crippen molar-refractivity contribution in [1.82, 2.24) is 5.32 Å². The second kappa shape index (κ2) is 9.35. The first kappa shape index (κ1) is 15.5. The van der Waals surface area contributed by atoms with E-state index in [9.17, 15) is 4.79 Å². The molecule has 1 atom stereocenters. The number of benzene rings is 1. The Hall–Kier alpha value is -1.59. The lowest BCUT2D eigenvalue weighted by Gasteiger charge is -2.12. The van der Waals surface area contributed by atoms with E-state index < -0.39 is 0 Å². The van der Waals surface area contributed by atoms with Gasteiger partial charge in [-0.15, -0.1) is 0 Å². The summed E-state index contributed by atoms with van der Waals surface area (Å²) in [6, 6.07) is 9.60. The number of methoxy groups -OCH3 is 1. The van der Waals surface area contributed by atoms with Crippen molar-refractivity contribution in [1.29, 1.82) is 0 Å². The highest BCUT2D eigenvalue weighted by Crippen LogP contribution is 2.08. The van der Waals surface area contributed by atoms with Crippen LogP contribution in [0, 0.1) is 0 Å². The summed E-state index contributed by atoms with van der Waals surface area (Å²) in [6.45, 7) is 1.52. The van der Waals surface area contributed by atoms with E-state index >= 15 is 0 Å². The maximum absolute atomic E-state index is 11.5. The zero-order valence-corrected chi connectivity index (χ0v) is 11.3. The van der Waals surface area contributed by atoms with E-state index in [0.29, 0.717) is 26.1 Å². The van der Waals surface area contributed by atoms with Crippen LogP contribution in [0.2, 0.25) is 0 Å². The van der Waals surface area contributed by atoms with Crippen molar-refractivity contribution in [3.05, 3.63) is 30.3 Å². The Balaban J connectivity index is 2.06. The van der Waals surface area contributed by atoms with Crippen molar-refractivity contribution >= 4 is 5.91 Å². The maximum Gasteiger partial charge on any atom is 0.222 e. The van der Waals surface area contributed by atoms with Gasteiger partial charge >= 0.3 is 0 Å². The van der Waals surface area contributed by atoms with Gasteiger partial charge in [-0.1, -0.05) is 18.2 Å². The Morgan fingerprint density at radius 2 is 2.11 bits per heavy atom. The molecule has 0 fully saturated rings. The largest absolute Gasteiger partial charge is 0.494 e. The fourth-order valence-electron chi connectivity index (χ4n) is 1.55. The lowest BCUT2D eigenvalue weighted by atomic mass is 10.2. The quantitative estimate of drug-likeness (QED) is 0.652. The first-order valence-corrected chi connectivity index (χ1v) is 6.43. The van der Waals surface area contributed by atoms with Gasteiger partial charge in [0.1, 0.15) is 5.75 Å². The number of amides is 1. The summed E-state index contributed by atoms with van der Waals surface area (Å²) in [6.07, 6.45) is 0.855. The number of nitrogens with one attached hydrogen (secondary N) is 1. The molecular formula is C14H22N2O3. The molecule has 0 aliphatic carbocycles. The molecular weight excluding hydrogens is 244 g/mol. The summed E-state index contributed by atoms with van der Waals surface area (Å²) in [5, 5.41) is 2.81. The molecule has 5 heteroatoms. The molecule has 106 valence electrons. The van der Waals surface area contributed by atoms with Gasteiger partial charge in [0, 0.05) is 20.2 Å². The second-order valence-electron chi connectivity index (χ2n) is 4.16. The molecule has 1 amide bonds. The maximum atomic E-state index is 11.5. The molecule has 0 radical (unpaired) electrons. The summed E-state index contributed by atoms with van der Waals surface area (Å²) < 4.78 is 10.6. The third-order valence-electron chi connectivity index (χ3n) is 2.66. The third kappa shape index (κ3) is 6.79. The van der Waals surface area contributed by atoms with Crippen LogP contribution in [0.4, 0.5) is 0 Å². The SMILES string of the molecule is COC(CN)CC(=O)NCCCOc1ccccc1. The standard InChI is InChI=1S/C14H22N2O3/c1-18-13(11-15)10-14(17)16-8-5-9-19-12-6-3-2-4-7-12/h2-4,6-7,13H,5,8-11,15H2,1H3,(H,16,17). The molecule has 1 aromatic carbocycles. The molecule has 0 aromatic heterocycles. The van der Waals surface area contributed by atoms with Crippen LogP contribution in [0.3, 0.4) is 0 Å². The number of carbonyl (C=O) groups is 1. The topological polar surface area (TPSA) is 73.6 Å². The summed E-state index contributed by atoms with van der Waals surface area (Å²) in [5.74, 6) is 0.799. The Morgan fingerprint density at radius 3 is 2.74 bits per heavy atom. The summed E-state index contributed by atoms with van der Waals surface area (Å²) in [7, 11) is 1.55. The number of hydrogen-bond donors (Lipinski definition) is 2. The Bertz CT molecular complexity index is 353. The predicted molar refractivity (Wildman–Crippen MR) is 74.0 cm³/mol. The highest BCUT2D eigenvalue weighted by Gasteiger charge is 2.10. The number of ether oxygens (including phenoxy) is 2. The lowest BCUT2D eigenvalue weighted by Crippen LogP contribution is -2.33. The van der Waals surface area contributed by atoms with Crippen LogP contribution in [-0.2, 0) is 9.53 Å².